The number of amides is 1. The summed E-state index contributed by atoms with van der Waals surface area (Å²) >= 11 is 0. The number of pyridine rings is 1. The SMILES string of the molecule is CN(C)c1nc([C@H]2CCN(C(=O)c3cc4c([nH]c3=O)CCCCC4)C2)cc(=O)[nH]1. The molecule has 0 bridgehead atoms. The van der Waals surface area contributed by atoms with Gasteiger partial charge >= 0.3 is 0 Å². The molecule has 2 N–H and O–H groups in total. The van der Waals surface area contributed by atoms with E-state index in [0.29, 0.717) is 24.7 Å². The highest BCUT2D eigenvalue weighted by molar-refractivity contribution is 5.94. The summed E-state index contributed by atoms with van der Waals surface area (Å²) in [5, 5.41) is 0. The second-order valence-electron chi connectivity index (χ2n) is 8.20. The van der Waals surface area contributed by atoms with Crippen LogP contribution in [0.15, 0.2) is 21.7 Å². The summed E-state index contributed by atoms with van der Waals surface area (Å²) in [4.78, 5) is 51.2. The Morgan fingerprint density at radius 2 is 1.93 bits per heavy atom. The van der Waals surface area contributed by atoms with E-state index >= 15 is 0 Å². The third-order valence-electron chi connectivity index (χ3n) is 5.88. The Hall–Kier alpha value is -2.90. The Kier molecular flexibility index (Phi) is 5.25. The van der Waals surface area contributed by atoms with E-state index in [9.17, 15) is 14.4 Å². The lowest BCUT2D eigenvalue weighted by atomic mass is 10.0. The molecular weight excluding hydrogens is 370 g/mol. The van der Waals surface area contributed by atoms with E-state index in [4.69, 9.17) is 0 Å². The summed E-state index contributed by atoms with van der Waals surface area (Å²) in [5.41, 5.74) is 2.47. The van der Waals surface area contributed by atoms with Crippen molar-refractivity contribution in [3.05, 3.63) is 55.4 Å². The van der Waals surface area contributed by atoms with Gasteiger partial charge in [-0.2, -0.15) is 0 Å². The van der Waals surface area contributed by atoms with Gasteiger partial charge in [-0.15, -0.1) is 0 Å². The minimum atomic E-state index is -0.303. The van der Waals surface area contributed by atoms with Crippen molar-refractivity contribution in [2.75, 3.05) is 32.1 Å². The molecule has 0 spiro atoms. The number of aryl methyl sites for hydroxylation is 2. The second-order valence-corrected chi connectivity index (χ2v) is 8.20. The van der Waals surface area contributed by atoms with Crippen LogP contribution in [0.1, 0.15) is 58.9 Å². The van der Waals surface area contributed by atoms with Gasteiger partial charge in [0.25, 0.3) is 17.0 Å². The highest BCUT2D eigenvalue weighted by Crippen LogP contribution is 2.27. The number of carbonyl (C=O) groups is 1. The molecule has 0 aromatic carbocycles. The number of nitrogens with one attached hydrogen (secondary N) is 2. The van der Waals surface area contributed by atoms with E-state index in [-0.39, 0.29) is 28.5 Å². The molecule has 0 unspecified atom stereocenters. The fourth-order valence-electron chi connectivity index (χ4n) is 4.25. The Labute approximate surface area is 169 Å². The molecule has 8 heteroatoms. The van der Waals surface area contributed by atoms with Gasteiger partial charge in [0.1, 0.15) is 5.56 Å². The fourth-order valence-corrected chi connectivity index (χ4v) is 4.25. The normalized spacial score (nSPS) is 19.0. The molecule has 2 aromatic heterocycles. The lowest BCUT2D eigenvalue weighted by Crippen LogP contribution is -2.33. The summed E-state index contributed by atoms with van der Waals surface area (Å²) in [5.74, 6) is 0.248. The maximum Gasteiger partial charge on any atom is 0.261 e. The fraction of sp³-hybridized carbons (Fsp3) is 0.524. The van der Waals surface area contributed by atoms with Gasteiger partial charge in [-0.1, -0.05) is 6.42 Å². The number of rotatable bonds is 3. The van der Waals surface area contributed by atoms with E-state index < -0.39 is 0 Å². The number of likely N-dealkylation sites (tertiary alicyclic amines) is 1. The van der Waals surface area contributed by atoms with E-state index in [1.807, 2.05) is 14.1 Å². The number of fused-ring (bicyclic) bond motifs is 1. The Morgan fingerprint density at radius 1 is 1.14 bits per heavy atom. The number of hydrogen-bond acceptors (Lipinski definition) is 5. The number of hydrogen-bond donors (Lipinski definition) is 2. The molecule has 0 saturated carbocycles. The average Bonchev–Trinajstić information content (AvgIpc) is 3.07. The van der Waals surface area contributed by atoms with Crippen molar-refractivity contribution >= 4 is 11.9 Å². The van der Waals surface area contributed by atoms with Crippen LogP contribution in [0, 0.1) is 0 Å². The van der Waals surface area contributed by atoms with Crippen molar-refractivity contribution in [3.8, 4) is 0 Å². The van der Waals surface area contributed by atoms with Gasteiger partial charge in [-0.25, -0.2) is 4.98 Å². The minimum Gasteiger partial charge on any atom is -0.348 e. The van der Waals surface area contributed by atoms with E-state index in [0.717, 1.165) is 49.8 Å². The van der Waals surface area contributed by atoms with Crippen LogP contribution >= 0.6 is 0 Å². The van der Waals surface area contributed by atoms with Crippen LogP contribution in [0.2, 0.25) is 0 Å². The van der Waals surface area contributed by atoms with Crippen LogP contribution in [-0.4, -0.2) is 52.9 Å². The standard InChI is InChI=1S/C21H27N5O3/c1-25(2)21-23-17(11-18(27)24-21)14-8-9-26(12-14)20(29)15-10-13-6-4-3-5-7-16(13)22-19(15)28/h10-11,14H,3-9,12H2,1-2H3,(H,22,28)(H,23,24,27)/t14-/m0/s1. The Balaban J connectivity index is 1.56. The van der Waals surface area contributed by atoms with Crippen molar-refractivity contribution in [1.82, 2.24) is 19.9 Å². The van der Waals surface area contributed by atoms with Crippen LogP contribution < -0.4 is 16.0 Å². The number of carbonyl (C=O) groups excluding carboxylic acids is 1. The van der Waals surface area contributed by atoms with Crippen molar-refractivity contribution in [3.63, 3.8) is 0 Å². The minimum absolute atomic E-state index is 0.0140. The summed E-state index contributed by atoms with van der Waals surface area (Å²) in [7, 11) is 3.63. The molecule has 29 heavy (non-hydrogen) atoms. The zero-order valence-corrected chi connectivity index (χ0v) is 17.0. The van der Waals surface area contributed by atoms with Crippen molar-refractivity contribution < 1.29 is 4.79 Å². The van der Waals surface area contributed by atoms with E-state index in [1.165, 1.54) is 6.07 Å². The molecule has 4 rings (SSSR count). The van der Waals surface area contributed by atoms with Crippen molar-refractivity contribution in [1.29, 1.82) is 0 Å². The molecule has 0 radical (unpaired) electrons. The first-order valence-electron chi connectivity index (χ1n) is 10.3. The molecule has 1 saturated heterocycles. The van der Waals surface area contributed by atoms with Crippen LogP contribution in [0.3, 0.4) is 0 Å². The molecule has 1 aliphatic carbocycles. The molecule has 154 valence electrons. The maximum atomic E-state index is 13.1. The second kappa shape index (κ2) is 7.85. The molecule has 8 nitrogen and oxygen atoms in total. The molecule has 2 aliphatic rings. The van der Waals surface area contributed by atoms with Gasteiger partial charge in [0.15, 0.2) is 0 Å². The van der Waals surface area contributed by atoms with Crippen molar-refractivity contribution in [2.24, 2.45) is 0 Å². The summed E-state index contributed by atoms with van der Waals surface area (Å²) in [6.45, 7) is 1.00. The molecular formula is C21H27N5O3. The molecule has 3 heterocycles. The third-order valence-corrected chi connectivity index (χ3v) is 5.88. The predicted octanol–water partition coefficient (Wildman–Crippen LogP) is 1.42. The van der Waals surface area contributed by atoms with Crippen LogP contribution in [0.5, 0.6) is 0 Å². The van der Waals surface area contributed by atoms with Gasteiger partial charge in [-0.05, 0) is 43.7 Å². The molecule has 1 amide bonds. The summed E-state index contributed by atoms with van der Waals surface area (Å²) in [6.07, 6.45) is 5.79. The molecule has 1 fully saturated rings. The van der Waals surface area contributed by atoms with Crippen LogP contribution in [0.4, 0.5) is 5.95 Å². The molecule has 1 aliphatic heterocycles. The number of nitrogens with zero attached hydrogens (tertiary/aromatic N) is 3. The van der Waals surface area contributed by atoms with Crippen molar-refractivity contribution in [2.45, 2.75) is 44.4 Å². The summed E-state index contributed by atoms with van der Waals surface area (Å²) in [6, 6.07) is 3.30. The Morgan fingerprint density at radius 3 is 2.72 bits per heavy atom. The lowest BCUT2D eigenvalue weighted by Gasteiger charge is -2.18. The highest BCUT2D eigenvalue weighted by Gasteiger charge is 2.31. The van der Waals surface area contributed by atoms with Gasteiger partial charge in [0.2, 0.25) is 5.95 Å². The topological polar surface area (TPSA) is 102 Å². The van der Waals surface area contributed by atoms with Gasteiger partial charge in [0.05, 0.1) is 5.69 Å². The highest BCUT2D eigenvalue weighted by atomic mass is 16.2. The quantitative estimate of drug-likeness (QED) is 0.763. The van der Waals surface area contributed by atoms with Gasteiger partial charge in [-0.3, -0.25) is 19.4 Å². The zero-order valence-electron chi connectivity index (χ0n) is 17.0. The Bertz CT molecular complexity index is 1040. The zero-order chi connectivity index (χ0) is 20.5. The third kappa shape index (κ3) is 3.97. The van der Waals surface area contributed by atoms with Gasteiger partial charge < -0.3 is 14.8 Å². The first-order chi connectivity index (χ1) is 13.9. The largest absolute Gasteiger partial charge is 0.348 e. The van der Waals surface area contributed by atoms with Crippen LogP contribution in [-0.2, 0) is 12.8 Å². The van der Waals surface area contributed by atoms with Crippen LogP contribution in [0.25, 0.3) is 0 Å². The first kappa shape index (κ1) is 19.4. The first-order valence-corrected chi connectivity index (χ1v) is 10.3. The molecule has 1 atom stereocenters. The number of H-pyrrole nitrogens is 2. The lowest BCUT2D eigenvalue weighted by molar-refractivity contribution is 0.0788. The van der Waals surface area contributed by atoms with E-state index in [1.54, 1.807) is 15.9 Å². The smallest absolute Gasteiger partial charge is 0.261 e. The maximum absolute atomic E-state index is 13.1. The number of aromatic nitrogens is 3. The predicted molar refractivity (Wildman–Crippen MR) is 111 cm³/mol. The average molecular weight is 397 g/mol. The number of anilines is 1. The monoisotopic (exact) mass is 397 g/mol. The molecule has 2 aromatic rings. The van der Waals surface area contributed by atoms with Gasteiger partial charge in [0, 0.05) is 44.9 Å². The van der Waals surface area contributed by atoms with E-state index in [2.05, 4.69) is 15.0 Å². The number of aromatic amines is 2. The summed E-state index contributed by atoms with van der Waals surface area (Å²) < 4.78 is 0.